The lowest BCUT2D eigenvalue weighted by molar-refractivity contribution is -0.385. The minimum Gasteiger partial charge on any atom is -0.492 e. The van der Waals surface area contributed by atoms with Crippen LogP contribution < -0.4 is 4.74 Å². The number of non-ortho nitro benzene ring substituents is 1. The minimum absolute atomic E-state index is 0.00884. The van der Waals surface area contributed by atoms with Crippen molar-refractivity contribution in [2.24, 2.45) is 0 Å². The maximum absolute atomic E-state index is 10.6. The van der Waals surface area contributed by atoms with Crippen LogP contribution in [0.5, 0.6) is 5.75 Å². The van der Waals surface area contributed by atoms with E-state index in [-0.39, 0.29) is 5.69 Å². The first-order valence-electron chi connectivity index (χ1n) is 5.78. The van der Waals surface area contributed by atoms with Gasteiger partial charge in [0.25, 0.3) is 5.69 Å². The van der Waals surface area contributed by atoms with Crippen LogP contribution in [0, 0.1) is 10.1 Å². The topological polar surface area (TPSA) is 70.8 Å². The van der Waals surface area contributed by atoms with Gasteiger partial charge in [0.05, 0.1) is 35.3 Å². The van der Waals surface area contributed by atoms with Gasteiger partial charge >= 0.3 is 0 Å². The van der Waals surface area contributed by atoms with Crippen LogP contribution in [0.15, 0.2) is 22.7 Å². The largest absolute Gasteiger partial charge is 0.492 e. The minimum atomic E-state index is -0.451. The molecule has 0 heterocycles. The zero-order valence-electron chi connectivity index (χ0n) is 10.6. The van der Waals surface area contributed by atoms with Crippen molar-refractivity contribution in [1.29, 1.82) is 0 Å². The van der Waals surface area contributed by atoms with Gasteiger partial charge in [-0.05, 0) is 22.0 Å². The summed E-state index contributed by atoms with van der Waals surface area (Å²) in [5.74, 6) is 0.464. The molecule has 0 bridgehead atoms. The van der Waals surface area contributed by atoms with Crippen LogP contribution in [-0.4, -0.2) is 38.5 Å². The number of halogens is 1. The fourth-order valence-corrected chi connectivity index (χ4v) is 1.66. The Morgan fingerprint density at radius 2 is 2.05 bits per heavy atom. The van der Waals surface area contributed by atoms with Crippen molar-refractivity contribution >= 4 is 21.6 Å². The SMILES string of the molecule is COCCOCCCOc1cc([N+](=O)[O-])ccc1Br. The molecule has 0 radical (unpaired) electrons. The molecule has 1 rings (SSSR count). The molecule has 0 N–H and O–H groups in total. The average molecular weight is 334 g/mol. The number of benzene rings is 1. The molecule has 0 aromatic heterocycles. The highest BCUT2D eigenvalue weighted by Crippen LogP contribution is 2.29. The van der Waals surface area contributed by atoms with Crippen molar-refractivity contribution in [1.82, 2.24) is 0 Å². The van der Waals surface area contributed by atoms with Crippen LogP contribution in [0.4, 0.5) is 5.69 Å². The number of methoxy groups -OCH3 is 1. The van der Waals surface area contributed by atoms with Crippen molar-refractivity contribution in [3.05, 3.63) is 32.8 Å². The summed E-state index contributed by atoms with van der Waals surface area (Å²) < 4.78 is 16.3. The predicted molar refractivity (Wildman–Crippen MR) is 73.6 cm³/mol. The summed E-state index contributed by atoms with van der Waals surface area (Å²) in [7, 11) is 1.62. The van der Waals surface area contributed by atoms with Crippen LogP contribution >= 0.6 is 15.9 Å². The number of nitrogens with zero attached hydrogens (tertiary/aromatic N) is 1. The number of ether oxygens (including phenoxy) is 3. The monoisotopic (exact) mass is 333 g/mol. The molecule has 19 heavy (non-hydrogen) atoms. The number of rotatable bonds is 9. The maximum Gasteiger partial charge on any atom is 0.273 e. The summed E-state index contributed by atoms with van der Waals surface area (Å²) in [6.07, 6.45) is 0.707. The van der Waals surface area contributed by atoms with Gasteiger partial charge in [-0.2, -0.15) is 0 Å². The van der Waals surface area contributed by atoms with Crippen molar-refractivity contribution in [2.75, 3.05) is 33.5 Å². The molecule has 0 aliphatic carbocycles. The van der Waals surface area contributed by atoms with Gasteiger partial charge in [-0.1, -0.05) is 0 Å². The summed E-state index contributed by atoms with van der Waals surface area (Å²) >= 11 is 3.29. The molecule has 0 aliphatic rings. The normalized spacial score (nSPS) is 10.4. The molecular formula is C12H16BrNO5. The van der Waals surface area contributed by atoms with Gasteiger partial charge in [-0.25, -0.2) is 0 Å². The van der Waals surface area contributed by atoms with E-state index in [4.69, 9.17) is 14.2 Å². The van der Waals surface area contributed by atoms with Crippen LogP contribution in [0.2, 0.25) is 0 Å². The van der Waals surface area contributed by atoms with Gasteiger partial charge < -0.3 is 14.2 Å². The van der Waals surface area contributed by atoms with Crippen molar-refractivity contribution in [3.63, 3.8) is 0 Å². The molecule has 0 saturated carbocycles. The highest BCUT2D eigenvalue weighted by Gasteiger charge is 2.10. The second kappa shape index (κ2) is 8.84. The molecule has 0 spiro atoms. The lowest BCUT2D eigenvalue weighted by atomic mass is 10.3. The number of nitro groups is 1. The molecule has 6 nitrogen and oxygen atoms in total. The molecule has 0 amide bonds. The van der Waals surface area contributed by atoms with Crippen molar-refractivity contribution in [2.45, 2.75) is 6.42 Å². The summed E-state index contributed by atoms with van der Waals surface area (Å²) in [4.78, 5) is 10.2. The number of nitro benzene ring substituents is 1. The van der Waals surface area contributed by atoms with Crippen molar-refractivity contribution in [3.8, 4) is 5.75 Å². The van der Waals surface area contributed by atoms with Gasteiger partial charge in [0.15, 0.2) is 0 Å². The first-order chi connectivity index (χ1) is 9.15. The van der Waals surface area contributed by atoms with E-state index >= 15 is 0 Å². The van der Waals surface area contributed by atoms with E-state index < -0.39 is 4.92 Å². The molecule has 1 aromatic rings. The Morgan fingerprint density at radius 1 is 1.26 bits per heavy atom. The molecule has 0 atom stereocenters. The highest BCUT2D eigenvalue weighted by molar-refractivity contribution is 9.10. The zero-order chi connectivity index (χ0) is 14.1. The Labute approximate surface area is 119 Å². The van der Waals surface area contributed by atoms with E-state index in [1.54, 1.807) is 13.2 Å². The van der Waals surface area contributed by atoms with Gasteiger partial charge in [-0.3, -0.25) is 10.1 Å². The fourth-order valence-electron chi connectivity index (χ4n) is 1.30. The predicted octanol–water partition coefficient (Wildman–Crippen LogP) is 2.79. The molecule has 0 aliphatic heterocycles. The smallest absolute Gasteiger partial charge is 0.273 e. The van der Waals surface area contributed by atoms with E-state index in [2.05, 4.69) is 15.9 Å². The van der Waals surface area contributed by atoms with Crippen LogP contribution in [0.3, 0.4) is 0 Å². The Morgan fingerprint density at radius 3 is 2.74 bits per heavy atom. The van der Waals surface area contributed by atoms with E-state index in [1.165, 1.54) is 12.1 Å². The fraction of sp³-hybridized carbons (Fsp3) is 0.500. The Kier molecular flexibility index (Phi) is 7.39. The Balaban J connectivity index is 2.32. The summed E-state index contributed by atoms with van der Waals surface area (Å²) in [6, 6.07) is 4.42. The summed E-state index contributed by atoms with van der Waals surface area (Å²) in [6.45, 7) is 2.12. The lowest BCUT2D eigenvalue weighted by Gasteiger charge is -2.08. The Bertz CT molecular complexity index is 413. The second-order valence-electron chi connectivity index (χ2n) is 3.68. The van der Waals surface area contributed by atoms with Crippen LogP contribution in [0.25, 0.3) is 0 Å². The van der Waals surface area contributed by atoms with E-state index in [0.717, 1.165) is 0 Å². The molecule has 0 fully saturated rings. The van der Waals surface area contributed by atoms with E-state index in [0.29, 0.717) is 43.1 Å². The molecule has 7 heteroatoms. The van der Waals surface area contributed by atoms with Gasteiger partial charge in [-0.15, -0.1) is 0 Å². The quantitative estimate of drug-likeness (QED) is 0.394. The third-order valence-electron chi connectivity index (χ3n) is 2.25. The molecule has 106 valence electrons. The molecule has 0 saturated heterocycles. The van der Waals surface area contributed by atoms with Crippen LogP contribution in [-0.2, 0) is 9.47 Å². The third kappa shape index (κ3) is 6.00. The highest BCUT2D eigenvalue weighted by atomic mass is 79.9. The standard InChI is InChI=1S/C12H16BrNO5/c1-17-7-8-18-5-2-6-19-12-9-10(14(15)16)3-4-11(12)13/h3-4,9H,2,5-8H2,1H3. The maximum atomic E-state index is 10.6. The summed E-state index contributed by atoms with van der Waals surface area (Å²) in [5, 5.41) is 10.6. The molecule has 1 aromatic carbocycles. The second-order valence-corrected chi connectivity index (χ2v) is 4.53. The van der Waals surface area contributed by atoms with E-state index in [1.807, 2.05) is 0 Å². The average Bonchev–Trinajstić information content (AvgIpc) is 2.39. The first kappa shape index (κ1) is 15.9. The Hall–Kier alpha value is -1.18. The van der Waals surface area contributed by atoms with Gasteiger partial charge in [0.1, 0.15) is 5.75 Å². The molecular weight excluding hydrogens is 318 g/mol. The lowest BCUT2D eigenvalue weighted by Crippen LogP contribution is -2.07. The van der Waals surface area contributed by atoms with Gasteiger partial charge in [0.2, 0.25) is 0 Å². The summed E-state index contributed by atoms with van der Waals surface area (Å²) in [5.41, 5.74) is 0.00884. The van der Waals surface area contributed by atoms with Gasteiger partial charge in [0, 0.05) is 26.2 Å². The third-order valence-corrected chi connectivity index (χ3v) is 2.90. The van der Waals surface area contributed by atoms with Crippen molar-refractivity contribution < 1.29 is 19.1 Å². The number of hydrogen-bond acceptors (Lipinski definition) is 5. The van der Waals surface area contributed by atoms with Crippen LogP contribution in [0.1, 0.15) is 6.42 Å². The molecule has 0 unspecified atom stereocenters. The van der Waals surface area contributed by atoms with E-state index in [9.17, 15) is 10.1 Å². The number of hydrogen-bond donors (Lipinski definition) is 0. The zero-order valence-corrected chi connectivity index (χ0v) is 12.2. The first-order valence-corrected chi connectivity index (χ1v) is 6.58.